The van der Waals surface area contributed by atoms with Gasteiger partial charge in [-0.25, -0.2) is 0 Å². The molecule has 0 atom stereocenters. The third kappa shape index (κ3) is 3.76. The zero-order valence-corrected chi connectivity index (χ0v) is 28.0. The Kier molecular flexibility index (Phi) is 5.91. The van der Waals surface area contributed by atoms with Crippen LogP contribution < -0.4 is 4.90 Å². The zero-order valence-electron chi connectivity index (χ0n) is 28.0. The van der Waals surface area contributed by atoms with E-state index in [2.05, 4.69) is 183 Å². The van der Waals surface area contributed by atoms with E-state index in [-0.39, 0.29) is 0 Å². The van der Waals surface area contributed by atoms with Gasteiger partial charge in [-0.1, -0.05) is 133 Å². The van der Waals surface area contributed by atoms with Gasteiger partial charge < -0.3 is 4.90 Å². The van der Waals surface area contributed by atoms with Crippen LogP contribution in [-0.4, -0.2) is 0 Å². The van der Waals surface area contributed by atoms with Gasteiger partial charge in [0.2, 0.25) is 0 Å². The summed E-state index contributed by atoms with van der Waals surface area (Å²) in [6, 6.07) is 59.3. The van der Waals surface area contributed by atoms with E-state index < -0.39 is 5.41 Å². The fourth-order valence-corrected chi connectivity index (χ4v) is 9.22. The van der Waals surface area contributed by atoms with E-state index >= 15 is 0 Å². The van der Waals surface area contributed by atoms with Crippen molar-refractivity contribution in [2.75, 3.05) is 4.90 Å². The molecule has 1 spiro atoms. The molecule has 0 amide bonds. The highest BCUT2D eigenvalue weighted by atomic mass is 15.1. The number of benzene rings is 8. The molecule has 0 aliphatic heterocycles. The van der Waals surface area contributed by atoms with E-state index in [0.717, 1.165) is 0 Å². The van der Waals surface area contributed by atoms with Crippen LogP contribution in [0, 0.1) is 20.8 Å². The molecule has 8 aromatic rings. The highest BCUT2D eigenvalue weighted by Crippen LogP contribution is 2.65. The molecule has 10 rings (SSSR count). The van der Waals surface area contributed by atoms with Gasteiger partial charge in [0, 0.05) is 16.8 Å². The predicted octanol–water partition coefficient (Wildman–Crippen LogP) is 12.7. The van der Waals surface area contributed by atoms with Crippen molar-refractivity contribution < 1.29 is 0 Å². The Balaban J connectivity index is 1.42. The molecule has 0 radical (unpaired) electrons. The molecule has 1 heteroatoms. The summed E-state index contributed by atoms with van der Waals surface area (Å²) in [6.07, 6.45) is 0. The largest absolute Gasteiger partial charge is 0.310 e. The van der Waals surface area contributed by atoms with Crippen molar-refractivity contribution >= 4 is 38.6 Å². The standard InChI is InChI=1S/C48H35N/c1-30-26-31(2)28-34(27-30)49(44-23-13-4-14-32(44)3)45-29-43-47(39-20-8-7-19-38(39)45)46-35-16-6-5-15-33(35)24-25-42(46)48(43)40-21-11-9-17-36(40)37-18-10-12-22-41(37)48/h4-29H,1-3H3. The molecular formula is C48H35N. The van der Waals surface area contributed by atoms with Gasteiger partial charge in [-0.3, -0.25) is 0 Å². The van der Waals surface area contributed by atoms with E-state index in [4.69, 9.17) is 0 Å². The molecule has 0 heterocycles. The molecule has 2 aliphatic rings. The van der Waals surface area contributed by atoms with Crippen LogP contribution in [0.2, 0.25) is 0 Å². The van der Waals surface area contributed by atoms with E-state index in [0.29, 0.717) is 0 Å². The summed E-state index contributed by atoms with van der Waals surface area (Å²) in [5.41, 5.74) is 17.7. The maximum Gasteiger partial charge on any atom is 0.0726 e. The van der Waals surface area contributed by atoms with Crippen LogP contribution in [0.25, 0.3) is 43.8 Å². The predicted molar refractivity (Wildman–Crippen MR) is 207 cm³/mol. The van der Waals surface area contributed by atoms with Gasteiger partial charge in [-0.05, 0) is 122 Å². The minimum Gasteiger partial charge on any atom is -0.310 e. The number of aryl methyl sites for hydroxylation is 3. The average Bonchev–Trinajstić information content (AvgIpc) is 3.60. The lowest BCUT2D eigenvalue weighted by atomic mass is 9.70. The second kappa shape index (κ2) is 10.3. The molecule has 49 heavy (non-hydrogen) atoms. The second-order valence-corrected chi connectivity index (χ2v) is 13.9. The molecule has 0 fully saturated rings. The van der Waals surface area contributed by atoms with Crippen molar-refractivity contribution in [1.29, 1.82) is 0 Å². The first-order chi connectivity index (χ1) is 24.1. The fourth-order valence-electron chi connectivity index (χ4n) is 9.22. The number of hydrogen-bond acceptors (Lipinski definition) is 1. The molecule has 0 bridgehead atoms. The van der Waals surface area contributed by atoms with Crippen LogP contribution in [0.4, 0.5) is 17.1 Å². The molecule has 232 valence electrons. The van der Waals surface area contributed by atoms with Crippen molar-refractivity contribution in [3.05, 3.63) is 197 Å². The Morgan fingerprint density at radius 2 is 0.980 bits per heavy atom. The number of anilines is 3. The van der Waals surface area contributed by atoms with Crippen molar-refractivity contribution in [3.8, 4) is 22.3 Å². The smallest absolute Gasteiger partial charge is 0.0726 e. The Labute approximate surface area is 287 Å². The van der Waals surface area contributed by atoms with Gasteiger partial charge in [0.05, 0.1) is 11.1 Å². The summed E-state index contributed by atoms with van der Waals surface area (Å²) in [7, 11) is 0. The first-order valence-electron chi connectivity index (χ1n) is 17.3. The van der Waals surface area contributed by atoms with Gasteiger partial charge in [0.25, 0.3) is 0 Å². The van der Waals surface area contributed by atoms with Gasteiger partial charge >= 0.3 is 0 Å². The van der Waals surface area contributed by atoms with Gasteiger partial charge in [-0.15, -0.1) is 0 Å². The average molecular weight is 626 g/mol. The maximum atomic E-state index is 2.55. The summed E-state index contributed by atoms with van der Waals surface area (Å²) in [6.45, 7) is 6.64. The Bertz CT molecular complexity index is 2590. The third-order valence-electron chi connectivity index (χ3n) is 11.0. The van der Waals surface area contributed by atoms with Gasteiger partial charge in [-0.2, -0.15) is 0 Å². The molecule has 0 N–H and O–H groups in total. The number of fused-ring (bicyclic) bond motifs is 14. The van der Waals surface area contributed by atoms with Crippen LogP contribution in [0.15, 0.2) is 158 Å². The zero-order chi connectivity index (χ0) is 32.9. The lowest BCUT2D eigenvalue weighted by Crippen LogP contribution is -2.26. The Morgan fingerprint density at radius 3 is 1.69 bits per heavy atom. The number of hydrogen-bond donors (Lipinski definition) is 0. The first-order valence-corrected chi connectivity index (χ1v) is 17.3. The highest BCUT2D eigenvalue weighted by Gasteiger charge is 2.52. The van der Waals surface area contributed by atoms with E-state index in [1.807, 2.05) is 0 Å². The van der Waals surface area contributed by atoms with Crippen LogP contribution in [-0.2, 0) is 5.41 Å². The third-order valence-corrected chi connectivity index (χ3v) is 11.0. The van der Waals surface area contributed by atoms with Crippen LogP contribution >= 0.6 is 0 Å². The minimum absolute atomic E-state index is 0.458. The van der Waals surface area contributed by atoms with Crippen molar-refractivity contribution in [3.63, 3.8) is 0 Å². The second-order valence-electron chi connectivity index (χ2n) is 13.9. The van der Waals surface area contributed by atoms with Crippen molar-refractivity contribution in [2.45, 2.75) is 26.2 Å². The van der Waals surface area contributed by atoms with E-state index in [1.165, 1.54) is 99.8 Å². The fraction of sp³-hybridized carbons (Fsp3) is 0.0833. The molecule has 0 saturated carbocycles. The number of nitrogens with zero attached hydrogens (tertiary/aromatic N) is 1. The number of rotatable bonds is 3. The van der Waals surface area contributed by atoms with E-state index in [9.17, 15) is 0 Å². The molecule has 1 nitrogen and oxygen atoms in total. The lowest BCUT2D eigenvalue weighted by Gasteiger charge is -2.33. The molecular weight excluding hydrogens is 591 g/mol. The summed E-state index contributed by atoms with van der Waals surface area (Å²) in [4.78, 5) is 2.51. The molecule has 0 aromatic heterocycles. The Hall–Kier alpha value is -5.92. The molecule has 8 aromatic carbocycles. The Morgan fingerprint density at radius 1 is 0.408 bits per heavy atom. The van der Waals surface area contributed by atoms with Crippen molar-refractivity contribution in [2.24, 2.45) is 0 Å². The van der Waals surface area contributed by atoms with Gasteiger partial charge in [0.1, 0.15) is 0 Å². The summed E-state index contributed by atoms with van der Waals surface area (Å²) >= 11 is 0. The molecule has 0 saturated heterocycles. The van der Waals surface area contributed by atoms with Gasteiger partial charge in [0.15, 0.2) is 0 Å². The quantitative estimate of drug-likeness (QED) is 0.189. The van der Waals surface area contributed by atoms with Crippen LogP contribution in [0.1, 0.15) is 38.9 Å². The maximum absolute atomic E-state index is 2.55. The summed E-state index contributed by atoms with van der Waals surface area (Å²) < 4.78 is 0. The lowest BCUT2D eigenvalue weighted by molar-refractivity contribution is 0.795. The van der Waals surface area contributed by atoms with Crippen molar-refractivity contribution in [1.82, 2.24) is 0 Å². The van der Waals surface area contributed by atoms with E-state index in [1.54, 1.807) is 0 Å². The normalized spacial score (nSPS) is 13.4. The monoisotopic (exact) mass is 625 g/mol. The molecule has 2 aliphatic carbocycles. The number of para-hydroxylation sites is 1. The SMILES string of the molecule is Cc1cc(C)cc(N(c2ccccc2C)c2cc3c(c4ccccc24)-c2c(ccc4ccccc24)C32c3ccccc3-c3ccccc32)c1. The minimum atomic E-state index is -0.458. The summed E-state index contributed by atoms with van der Waals surface area (Å²) in [5.74, 6) is 0. The van der Waals surface area contributed by atoms with Crippen LogP contribution in [0.5, 0.6) is 0 Å². The first kappa shape index (κ1) is 28.1. The molecule has 0 unspecified atom stereocenters. The highest BCUT2D eigenvalue weighted by molar-refractivity contribution is 6.16. The topological polar surface area (TPSA) is 3.24 Å². The van der Waals surface area contributed by atoms with Crippen LogP contribution in [0.3, 0.4) is 0 Å². The summed E-state index contributed by atoms with van der Waals surface area (Å²) in [5, 5.41) is 5.12.